The molecule has 0 unspecified atom stereocenters. The molecule has 0 fully saturated rings. The Kier molecular flexibility index (Phi) is 4.57. The first kappa shape index (κ1) is 17.5. The first-order valence-electron chi connectivity index (χ1n) is 8.36. The molecule has 2 heterocycles. The maximum Gasteiger partial charge on any atom is 0.157 e. The van der Waals surface area contributed by atoms with Crippen molar-refractivity contribution in [2.24, 2.45) is 5.41 Å². The zero-order valence-corrected chi connectivity index (χ0v) is 15.8. The van der Waals surface area contributed by atoms with Gasteiger partial charge < -0.3 is 0 Å². The molecule has 25 heavy (non-hydrogen) atoms. The van der Waals surface area contributed by atoms with E-state index in [9.17, 15) is 10.1 Å². The Morgan fingerprint density at radius 1 is 1.32 bits per heavy atom. The molecule has 0 aliphatic rings. The summed E-state index contributed by atoms with van der Waals surface area (Å²) in [5, 5.41) is 10.6. The second-order valence-electron chi connectivity index (χ2n) is 7.07. The third kappa shape index (κ3) is 3.14. The van der Waals surface area contributed by atoms with Gasteiger partial charge in [0.1, 0.15) is 11.9 Å². The number of hydrogen-bond donors (Lipinski definition) is 0. The Morgan fingerprint density at radius 3 is 2.68 bits per heavy atom. The van der Waals surface area contributed by atoms with E-state index in [1.807, 2.05) is 62.4 Å². The summed E-state index contributed by atoms with van der Waals surface area (Å²) >= 11 is 1.52. The summed E-state index contributed by atoms with van der Waals surface area (Å²) in [6.45, 7) is 7.85. The number of rotatable bonds is 4. The molecule has 2 aromatic heterocycles. The van der Waals surface area contributed by atoms with Gasteiger partial charge in [-0.1, -0.05) is 51.6 Å². The van der Waals surface area contributed by atoms with E-state index in [-0.39, 0.29) is 11.2 Å². The van der Waals surface area contributed by atoms with Crippen LogP contribution in [0.15, 0.2) is 35.4 Å². The fourth-order valence-corrected chi connectivity index (χ4v) is 3.96. The third-order valence-corrected chi connectivity index (χ3v) is 5.31. The number of imidazole rings is 1. The highest BCUT2D eigenvalue weighted by Gasteiger charge is 2.22. The molecule has 3 aromatic rings. The lowest BCUT2D eigenvalue weighted by atomic mass is 9.92. The summed E-state index contributed by atoms with van der Waals surface area (Å²) in [5.41, 5.74) is 3.72. The Hall–Kier alpha value is -2.32. The second kappa shape index (κ2) is 6.53. The zero-order chi connectivity index (χ0) is 18.2. The largest absolute Gasteiger partial charge is 0.298 e. The lowest BCUT2D eigenvalue weighted by Crippen LogP contribution is -2.22. The monoisotopic (exact) mass is 351 g/mol. The van der Waals surface area contributed by atoms with E-state index < -0.39 is 0 Å². The number of carbonyl (C=O) groups excluding carboxylic acids is 1. The number of fused-ring (bicyclic) bond motifs is 3. The average Bonchev–Trinajstić information content (AvgIpc) is 2.97. The van der Waals surface area contributed by atoms with Gasteiger partial charge in [-0.05, 0) is 30.2 Å². The molecular weight excluding hydrogens is 330 g/mol. The predicted molar refractivity (Wildman–Crippen MR) is 102 cm³/mol. The van der Waals surface area contributed by atoms with Gasteiger partial charge in [-0.25, -0.2) is 4.98 Å². The van der Waals surface area contributed by atoms with Gasteiger partial charge in [-0.3, -0.25) is 9.20 Å². The summed E-state index contributed by atoms with van der Waals surface area (Å²) < 4.78 is 2.01. The Balaban J connectivity index is 2.20. The maximum atomic E-state index is 12.4. The molecule has 0 bridgehead atoms. The number of Topliss-reactive ketones (excluding diaryl/α,β-unsaturated/α-hetero) is 1. The van der Waals surface area contributed by atoms with Crippen LogP contribution >= 0.6 is 11.8 Å². The van der Waals surface area contributed by atoms with Crippen LogP contribution in [0, 0.1) is 16.7 Å². The summed E-state index contributed by atoms with van der Waals surface area (Å²) in [6, 6.07) is 12.2. The fraction of sp³-hybridized carbons (Fsp3) is 0.350. The maximum absolute atomic E-state index is 12.4. The normalized spacial score (nSPS) is 11.8. The molecule has 0 N–H and O–H groups in total. The number of nitriles is 1. The number of nitrogens with zero attached hydrogens (tertiary/aromatic N) is 3. The lowest BCUT2D eigenvalue weighted by molar-refractivity contribution is -0.123. The first-order valence-corrected chi connectivity index (χ1v) is 9.34. The molecule has 4 nitrogen and oxygen atoms in total. The van der Waals surface area contributed by atoms with E-state index in [1.165, 1.54) is 11.8 Å². The van der Waals surface area contributed by atoms with Crippen LogP contribution in [0.25, 0.3) is 16.7 Å². The molecule has 0 spiro atoms. The third-order valence-electron chi connectivity index (χ3n) is 4.30. The van der Waals surface area contributed by atoms with Crippen molar-refractivity contribution < 1.29 is 4.79 Å². The molecule has 5 heteroatoms. The highest BCUT2D eigenvalue weighted by molar-refractivity contribution is 7.99. The van der Waals surface area contributed by atoms with Crippen LogP contribution in [0.5, 0.6) is 0 Å². The van der Waals surface area contributed by atoms with Crippen molar-refractivity contribution in [2.45, 2.75) is 39.1 Å². The number of carbonyl (C=O) groups is 1. The topological polar surface area (TPSA) is 58.2 Å². The van der Waals surface area contributed by atoms with Crippen molar-refractivity contribution >= 4 is 34.2 Å². The summed E-state index contributed by atoms with van der Waals surface area (Å²) in [6.07, 6.45) is 0.753. The van der Waals surface area contributed by atoms with Gasteiger partial charge in [0, 0.05) is 5.41 Å². The second-order valence-corrected chi connectivity index (χ2v) is 8.07. The number of para-hydroxylation sites is 2. The van der Waals surface area contributed by atoms with E-state index in [4.69, 9.17) is 0 Å². The van der Waals surface area contributed by atoms with Gasteiger partial charge in [-0.2, -0.15) is 5.26 Å². The van der Waals surface area contributed by atoms with Crippen molar-refractivity contribution in [1.29, 1.82) is 5.26 Å². The fourth-order valence-electron chi connectivity index (χ4n) is 2.71. The Bertz CT molecular complexity index is 1010. The number of pyridine rings is 1. The van der Waals surface area contributed by atoms with Gasteiger partial charge in [0.05, 0.1) is 27.4 Å². The number of aromatic nitrogens is 2. The van der Waals surface area contributed by atoms with Gasteiger partial charge in [0.2, 0.25) is 0 Å². The summed E-state index contributed by atoms with van der Waals surface area (Å²) in [7, 11) is 0. The van der Waals surface area contributed by atoms with Crippen LogP contribution in [-0.4, -0.2) is 20.9 Å². The molecule has 3 rings (SSSR count). The van der Waals surface area contributed by atoms with E-state index in [1.54, 1.807) is 0 Å². The van der Waals surface area contributed by atoms with Crippen LogP contribution in [-0.2, 0) is 11.2 Å². The molecule has 0 saturated heterocycles. The van der Waals surface area contributed by atoms with Crippen molar-refractivity contribution in [2.75, 3.05) is 5.75 Å². The highest BCUT2D eigenvalue weighted by Crippen LogP contribution is 2.31. The number of aryl methyl sites for hydroxylation is 1. The zero-order valence-electron chi connectivity index (χ0n) is 15.0. The molecule has 128 valence electrons. The SMILES string of the molecule is CCc1cc(SCC(=O)C(C)(C)C)n2c(nc3ccccc32)c1C#N. The summed E-state index contributed by atoms with van der Waals surface area (Å²) in [5.74, 6) is 0.609. The van der Waals surface area contributed by atoms with E-state index in [0.717, 1.165) is 28.0 Å². The highest BCUT2D eigenvalue weighted by atomic mass is 32.2. The Morgan fingerprint density at radius 2 is 2.04 bits per heavy atom. The molecule has 1 aromatic carbocycles. The minimum atomic E-state index is -0.358. The Labute approximate surface area is 151 Å². The van der Waals surface area contributed by atoms with Crippen molar-refractivity contribution in [3.8, 4) is 6.07 Å². The van der Waals surface area contributed by atoms with Crippen LogP contribution in [0.3, 0.4) is 0 Å². The average molecular weight is 351 g/mol. The predicted octanol–water partition coefficient (Wildman–Crippen LogP) is 4.63. The van der Waals surface area contributed by atoms with Crippen LogP contribution < -0.4 is 0 Å². The quantitative estimate of drug-likeness (QED) is 0.643. The number of ketones is 1. The minimum Gasteiger partial charge on any atom is -0.298 e. The number of thioether (sulfide) groups is 1. The summed E-state index contributed by atoms with van der Waals surface area (Å²) in [4.78, 5) is 17.0. The van der Waals surface area contributed by atoms with Crippen molar-refractivity contribution in [3.05, 3.63) is 41.5 Å². The van der Waals surface area contributed by atoms with Crippen molar-refractivity contribution in [3.63, 3.8) is 0 Å². The number of hydrogen-bond acceptors (Lipinski definition) is 4. The van der Waals surface area contributed by atoms with E-state index in [2.05, 4.69) is 11.1 Å². The van der Waals surface area contributed by atoms with Crippen molar-refractivity contribution in [1.82, 2.24) is 9.38 Å². The number of benzene rings is 1. The smallest absolute Gasteiger partial charge is 0.157 e. The molecule has 0 saturated carbocycles. The molecule has 0 radical (unpaired) electrons. The molecular formula is C20H21N3OS. The van der Waals surface area contributed by atoms with E-state index >= 15 is 0 Å². The standard InChI is InChI=1S/C20H21N3OS/c1-5-13-10-18(25-12-17(24)20(2,3)4)23-16-9-7-6-8-15(16)22-19(23)14(13)11-21/h6-10H,5,12H2,1-4H3. The molecule has 0 amide bonds. The van der Waals surface area contributed by atoms with Gasteiger partial charge in [0.15, 0.2) is 5.65 Å². The minimum absolute atomic E-state index is 0.206. The van der Waals surface area contributed by atoms with Gasteiger partial charge in [-0.15, -0.1) is 0 Å². The first-order chi connectivity index (χ1) is 11.9. The molecule has 0 aliphatic carbocycles. The van der Waals surface area contributed by atoms with Crippen LogP contribution in [0.2, 0.25) is 0 Å². The van der Waals surface area contributed by atoms with Crippen LogP contribution in [0.4, 0.5) is 0 Å². The lowest BCUT2D eigenvalue weighted by Gasteiger charge is -2.17. The van der Waals surface area contributed by atoms with Gasteiger partial charge >= 0.3 is 0 Å². The molecule has 0 aliphatic heterocycles. The molecule has 0 atom stereocenters. The van der Waals surface area contributed by atoms with Crippen LogP contribution in [0.1, 0.15) is 38.8 Å². The van der Waals surface area contributed by atoms with E-state index in [0.29, 0.717) is 17.0 Å². The van der Waals surface area contributed by atoms with Gasteiger partial charge in [0.25, 0.3) is 0 Å².